The largest absolute Gasteiger partial charge is 0.340 e. The number of benzene rings is 1. The van der Waals surface area contributed by atoms with Crippen molar-refractivity contribution < 1.29 is 9.59 Å². The summed E-state index contributed by atoms with van der Waals surface area (Å²) in [4.78, 5) is 27.3. The van der Waals surface area contributed by atoms with Crippen LogP contribution in [0.3, 0.4) is 0 Å². The van der Waals surface area contributed by atoms with Crippen LogP contribution in [0.2, 0.25) is 0 Å². The van der Waals surface area contributed by atoms with Crippen molar-refractivity contribution in [2.75, 3.05) is 11.4 Å². The second kappa shape index (κ2) is 6.70. The van der Waals surface area contributed by atoms with Crippen LogP contribution in [0.1, 0.15) is 40.0 Å². The zero-order valence-electron chi connectivity index (χ0n) is 15.2. The van der Waals surface area contributed by atoms with Crippen LogP contribution in [0.4, 0.5) is 5.82 Å². The van der Waals surface area contributed by atoms with Crippen molar-refractivity contribution in [3.63, 3.8) is 0 Å². The lowest BCUT2D eigenvalue weighted by molar-refractivity contribution is -0.121. The van der Waals surface area contributed by atoms with Crippen LogP contribution in [0.5, 0.6) is 0 Å². The maximum absolute atomic E-state index is 12.9. The first-order valence-corrected chi connectivity index (χ1v) is 8.57. The van der Waals surface area contributed by atoms with Crippen LogP contribution in [0.25, 0.3) is 0 Å². The number of nitrogens with one attached hydrogen (secondary N) is 1. The number of rotatable bonds is 3. The molecule has 1 fully saturated rings. The lowest BCUT2D eigenvalue weighted by Gasteiger charge is -2.32. The molecule has 1 aromatic heterocycles. The van der Waals surface area contributed by atoms with Gasteiger partial charge in [-0.25, -0.2) is 0 Å². The van der Waals surface area contributed by atoms with E-state index in [-0.39, 0.29) is 11.8 Å². The normalized spacial score (nSPS) is 17.7. The zero-order valence-corrected chi connectivity index (χ0v) is 15.2. The molecular formula is C19H24N4O2. The SMILES string of the molecule is Cc1cc(N2CCCC(NC(=O)c3c(C)cccc3C)C2=O)n(C)n1. The zero-order chi connectivity index (χ0) is 18.1. The summed E-state index contributed by atoms with van der Waals surface area (Å²) in [6.45, 7) is 6.37. The number of hydrogen-bond acceptors (Lipinski definition) is 3. The Labute approximate surface area is 147 Å². The van der Waals surface area contributed by atoms with Gasteiger partial charge in [-0.15, -0.1) is 0 Å². The van der Waals surface area contributed by atoms with Crippen molar-refractivity contribution in [3.05, 3.63) is 46.6 Å². The van der Waals surface area contributed by atoms with Crippen LogP contribution in [0, 0.1) is 20.8 Å². The molecule has 2 amide bonds. The van der Waals surface area contributed by atoms with Crippen molar-refractivity contribution in [1.82, 2.24) is 15.1 Å². The second-order valence-corrected chi connectivity index (χ2v) is 6.69. The molecule has 2 aromatic rings. The molecule has 1 saturated heterocycles. The number of aromatic nitrogens is 2. The summed E-state index contributed by atoms with van der Waals surface area (Å²) in [7, 11) is 1.83. The fourth-order valence-electron chi connectivity index (χ4n) is 3.49. The average Bonchev–Trinajstić information content (AvgIpc) is 2.87. The third kappa shape index (κ3) is 3.29. The Balaban J connectivity index is 1.80. The van der Waals surface area contributed by atoms with Gasteiger partial charge in [0.1, 0.15) is 11.9 Å². The predicted molar refractivity (Wildman–Crippen MR) is 96.7 cm³/mol. The van der Waals surface area contributed by atoms with Gasteiger partial charge in [-0.3, -0.25) is 19.2 Å². The molecule has 6 nitrogen and oxygen atoms in total. The molecular weight excluding hydrogens is 316 g/mol. The van der Waals surface area contributed by atoms with Crippen LogP contribution in [-0.4, -0.2) is 34.2 Å². The van der Waals surface area contributed by atoms with E-state index in [0.29, 0.717) is 18.5 Å². The molecule has 1 aliphatic heterocycles. The first-order chi connectivity index (χ1) is 11.9. The molecule has 0 saturated carbocycles. The minimum absolute atomic E-state index is 0.0752. The second-order valence-electron chi connectivity index (χ2n) is 6.69. The molecule has 1 unspecified atom stereocenters. The Morgan fingerprint density at radius 2 is 1.92 bits per heavy atom. The number of carbonyl (C=O) groups excluding carboxylic acids is 2. The van der Waals surface area contributed by atoms with Crippen LogP contribution < -0.4 is 10.2 Å². The summed E-state index contributed by atoms with van der Waals surface area (Å²) in [5.74, 6) is 0.513. The molecule has 0 aliphatic carbocycles. The topological polar surface area (TPSA) is 67.2 Å². The summed E-state index contributed by atoms with van der Waals surface area (Å²) in [6, 6.07) is 7.15. The van der Waals surface area contributed by atoms with E-state index in [2.05, 4.69) is 10.4 Å². The summed E-state index contributed by atoms with van der Waals surface area (Å²) >= 11 is 0. The van der Waals surface area contributed by atoms with Gasteiger partial charge in [-0.05, 0) is 44.7 Å². The third-order valence-electron chi connectivity index (χ3n) is 4.71. The van der Waals surface area contributed by atoms with E-state index in [1.807, 2.05) is 52.1 Å². The van der Waals surface area contributed by atoms with E-state index in [0.717, 1.165) is 29.1 Å². The molecule has 1 aliphatic rings. The summed E-state index contributed by atoms with van der Waals surface area (Å²) in [5.41, 5.74) is 3.36. The highest BCUT2D eigenvalue weighted by Crippen LogP contribution is 2.22. The number of aryl methyl sites for hydroxylation is 4. The Morgan fingerprint density at radius 3 is 2.52 bits per heavy atom. The van der Waals surface area contributed by atoms with Gasteiger partial charge < -0.3 is 5.32 Å². The smallest absolute Gasteiger partial charge is 0.252 e. The first-order valence-electron chi connectivity index (χ1n) is 8.57. The molecule has 0 spiro atoms. The molecule has 25 heavy (non-hydrogen) atoms. The van der Waals surface area contributed by atoms with Gasteiger partial charge in [-0.1, -0.05) is 18.2 Å². The van der Waals surface area contributed by atoms with Crippen molar-refractivity contribution in [2.45, 2.75) is 39.7 Å². The average molecular weight is 340 g/mol. The molecule has 2 heterocycles. The van der Waals surface area contributed by atoms with E-state index >= 15 is 0 Å². The monoisotopic (exact) mass is 340 g/mol. The van der Waals surface area contributed by atoms with Gasteiger partial charge in [0.25, 0.3) is 11.8 Å². The number of carbonyl (C=O) groups is 2. The van der Waals surface area contributed by atoms with Crippen LogP contribution >= 0.6 is 0 Å². The summed E-state index contributed by atoms with van der Waals surface area (Å²) < 4.78 is 1.71. The van der Waals surface area contributed by atoms with Crippen molar-refractivity contribution in [3.8, 4) is 0 Å². The van der Waals surface area contributed by atoms with Gasteiger partial charge in [0.15, 0.2) is 0 Å². The number of hydrogen-bond donors (Lipinski definition) is 1. The minimum atomic E-state index is -0.504. The summed E-state index contributed by atoms with van der Waals surface area (Å²) in [5, 5.41) is 7.25. The van der Waals surface area contributed by atoms with Gasteiger partial charge >= 0.3 is 0 Å². The molecule has 1 aromatic carbocycles. The predicted octanol–water partition coefficient (Wildman–Crippen LogP) is 2.27. The maximum atomic E-state index is 12.9. The van der Waals surface area contributed by atoms with E-state index in [1.54, 1.807) is 9.58 Å². The van der Waals surface area contributed by atoms with Crippen LogP contribution in [-0.2, 0) is 11.8 Å². The molecule has 0 radical (unpaired) electrons. The fraction of sp³-hybridized carbons (Fsp3) is 0.421. The van der Waals surface area contributed by atoms with Crippen LogP contribution in [0.15, 0.2) is 24.3 Å². The molecule has 3 rings (SSSR count). The van der Waals surface area contributed by atoms with E-state index < -0.39 is 6.04 Å². The van der Waals surface area contributed by atoms with Gasteiger partial charge in [0.2, 0.25) is 0 Å². The molecule has 0 bridgehead atoms. The highest BCUT2D eigenvalue weighted by atomic mass is 16.2. The first kappa shape index (κ1) is 17.2. The van der Waals surface area contributed by atoms with Crippen molar-refractivity contribution in [1.29, 1.82) is 0 Å². The lowest BCUT2D eigenvalue weighted by atomic mass is 10.00. The lowest BCUT2D eigenvalue weighted by Crippen LogP contribution is -2.53. The van der Waals surface area contributed by atoms with E-state index in [1.165, 1.54) is 0 Å². The fourth-order valence-corrected chi connectivity index (χ4v) is 3.49. The quantitative estimate of drug-likeness (QED) is 0.932. The minimum Gasteiger partial charge on any atom is -0.340 e. The Bertz CT molecular complexity index is 805. The number of amides is 2. The molecule has 132 valence electrons. The molecule has 6 heteroatoms. The van der Waals surface area contributed by atoms with Crippen molar-refractivity contribution in [2.24, 2.45) is 7.05 Å². The Kier molecular flexibility index (Phi) is 4.61. The molecule has 1 N–H and O–H groups in total. The Hall–Kier alpha value is -2.63. The number of anilines is 1. The third-order valence-corrected chi connectivity index (χ3v) is 4.71. The molecule has 1 atom stereocenters. The van der Waals surface area contributed by atoms with Gasteiger partial charge in [0.05, 0.1) is 5.69 Å². The van der Waals surface area contributed by atoms with E-state index in [4.69, 9.17) is 0 Å². The van der Waals surface area contributed by atoms with Gasteiger partial charge in [0, 0.05) is 25.2 Å². The van der Waals surface area contributed by atoms with Gasteiger partial charge in [-0.2, -0.15) is 5.10 Å². The highest BCUT2D eigenvalue weighted by Gasteiger charge is 2.32. The standard InChI is InChI=1S/C19H24N4O2/c1-12-7-5-8-13(2)17(12)18(24)20-15-9-6-10-23(19(15)25)16-11-14(3)21-22(16)4/h5,7-8,11,15H,6,9-10H2,1-4H3,(H,20,24). The highest BCUT2D eigenvalue weighted by molar-refractivity contribution is 6.03. The summed E-state index contributed by atoms with van der Waals surface area (Å²) in [6.07, 6.45) is 1.50. The van der Waals surface area contributed by atoms with Crippen molar-refractivity contribution >= 4 is 17.6 Å². The van der Waals surface area contributed by atoms with E-state index in [9.17, 15) is 9.59 Å². The maximum Gasteiger partial charge on any atom is 0.252 e. The number of piperidine rings is 1. The Morgan fingerprint density at radius 1 is 1.24 bits per heavy atom. The number of nitrogens with zero attached hydrogens (tertiary/aromatic N) is 3.